The molecule has 1 aliphatic heterocycles. The van der Waals surface area contributed by atoms with E-state index in [-0.39, 0.29) is 11.5 Å². The van der Waals surface area contributed by atoms with Crippen LogP contribution in [0.1, 0.15) is 30.9 Å². The van der Waals surface area contributed by atoms with Crippen molar-refractivity contribution in [3.63, 3.8) is 0 Å². The molecule has 1 saturated carbocycles. The van der Waals surface area contributed by atoms with Crippen LogP contribution in [0.5, 0.6) is 0 Å². The predicted molar refractivity (Wildman–Crippen MR) is 68.4 cm³/mol. The fourth-order valence-electron chi connectivity index (χ4n) is 2.60. The molecule has 1 aromatic rings. The highest BCUT2D eigenvalue weighted by Gasteiger charge is 2.47. The van der Waals surface area contributed by atoms with E-state index in [1.807, 2.05) is 0 Å². The normalized spacial score (nSPS) is 22.8. The number of hydrogen-bond donors (Lipinski definition) is 1. The summed E-state index contributed by atoms with van der Waals surface area (Å²) in [7, 11) is 0. The summed E-state index contributed by atoms with van der Waals surface area (Å²) < 4.78 is 5.45. The maximum Gasteiger partial charge on any atom is 0.216 e. The molecule has 3 heteroatoms. The molecule has 1 atom stereocenters. The molecule has 0 radical (unpaired) electrons. The standard InChI is InChI=1S/C14H18N2O/c1-10(15)14(6-7-14)12-4-2-11(3-5-12)13-16-8-9-17-13/h2-5,10H,6-9,15H2,1H3. The van der Waals surface area contributed by atoms with Gasteiger partial charge in [-0.1, -0.05) is 12.1 Å². The van der Waals surface area contributed by atoms with Crippen LogP contribution >= 0.6 is 0 Å². The van der Waals surface area contributed by atoms with Crippen molar-refractivity contribution in [1.82, 2.24) is 0 Å². The molecule has 3 nitrogen and oxygen atoms in total. The molecule has 0 amide bonds. The van der Waals surface area contributed by atoms with Crippen molar-refractivity contribution in [3.05, 3.63) is 35.4 Å². The van der Waals surface area contributed by atoms with Crippen LogP contribution < -0.4 is 5.73 Å². The van der Waals surface area contributed by atoms with E-state index < -0.39 is 0 Å². The second-order valence-electron chi connectivity index (χ2n) is 5.06. The molecule has 1 aromatic carbocycles. The van der Waals surface area contributed by atoms with E-state index in [0.717, 1.165) is 18.0 Å². The quantitative estimate of drug-likeness (QED) is 0.861. The van der Waals surface area contributed by atoms with Gasteiger partial charge in [0.1, 0.15) is 6.61 Å². The molecule has 0 bridgehead atoms. The maximum atomic E-state index is 6.08. The van der Waals surface area contributed by atoms with Crippen molar-refractivity contribution in [3.8, 4) is 0 Å². The van der Waals surface area contributed by atoms with E-state index in [2.05, 4.69) is 36.2 Å². The molecule has 2 N–H and O–H groups in total. The van der Waals surface area contributed by atoms with Crippen LogP contribution in [0.15, 0.2) is 29.3 Å². The van der Waals surface area contributed by atoms with Gasteiger partial charge in [-0.25, -0.2) is 4.99 Å². The highest BCUT2D eigenvalue weighted by molar-refractivity contribution is 5.94. The van der Waals surface area contributed by atoms with Crippen LogP contribution in [0.4, 0.5) is 0 Å². The summed E-state index contributed by atoms with van der Waals surface area (Å²) >= 11 is 0. The number of rotatable bonds is 3. The third-order valence-electron chi connectivity index (χ3n) is 3.95. The summed E-state index contributed by atoms with van der Waals surface area (Å²) in [6, 6.07) is 8.78. The van der Waals surface area contributed by atoms with Crippen LogP contribution in [0, 0.1) is 0 Å². The topological polar surface area (TPSA) is 47.6 Å². The highest BCUT2D eigenvalue weighted by atomic mass is 16.5. The van der Waals surface area contributed by atoms with Gasteiger partial charge in [-0.2, -0.15) is 0 Å². The Labute approximate surface area is 102 Å². The summed E-state index contributed by atoms with van der Waals surface area (Å²) in [5, 5.41) is 0. The molecule has 1 heterocycles. The van der Waals surface area contributed by atoms with Gasteiger partial charge in [-0.15, -0.1) is 0 Å². The molecule has 1 unspecified atom stereocenters. The minimum Gasteiger partial charge on any atom is -0.476 e. The Morgan fingerprint density at radius 2 is 2.00 bits per heavy atom. The smallest absolute Gasteiger partial charge is 0.216 e. The van der Waals surface area contributed by atoms with E-state index in [1.165, 1.54) is 18.4 Å². The largest absolute Gasteiger partial charge is 0.476 e. The molecule has 1 aliphatic carbocycles. The van der Waals surface area contributed by atoms with Crippen molar-refractivity contribution < 1.29 is 4.74 Å². The van der Waals surface area contributed by atoms with Crippen LogP contribution in [-0.4, -0.2) is 25.1 Å². The Hall–Kier alpha value is -1.35. The van der Waals surface area contributed by atoms with Crippen molar-refractivity contribution >= 4 is 5.90 Å². The van der Waals surface area contributed by atoms with Gasteiger partial charge in [0.15, 0.2) is 0 Å². The number of hydrogen-bond acceptors (Lipinski definition) is 3. The Kier molecular flexibility index (Phi) is 2.44. The van der Waals surface area contributed by atoms with Crippen molar-refractivity contribution in [2.24, 2.45) is 10.7 Å². The van der Waals surface area contributed by atoms with Gasteiger partial charge in [-0.3, -0.25) is 0 Å². The second-order valence-corrected chi connectivity index (χ2v) is 5.06. The number of nitrogens with two attached hydrogens (primary N) is 1. The lowest BCUT2D eigenvalue weighted by atomic mass is 9.89. The second kappa shape index (κ2) is 3.84. The zero-order valence-electron chi connectivity index (χ0n) is 10.1. The van der Waals surface area contributed by atoms with E-state index >= 15 is 0 Å². The molecule has 0 saturated heterocycles. The first-order valence-corrected chi connectivity index (χ1v) is 6.26. The van der Waals surface area contributed by atoms with Gasteiger partial charge in [0.2, 0.25) is 5.90 Å². The maximum absolute atomic E-state index is 6.08. The lowest BCUT2D eigenvalue weighted by molar-refractivity contribution is 0.348. The van der Waals surface area contributed by atoms with Gasteiger partial charge in [0.25, 0.3) is 0 Å². The molecule has 1 fully saturated rings. The fraction of sp³-hybridized carbons (Fsp3) is 0.500. The lowest BCUT2D eigenvalue weighted by Gasteiger charge is -2.20. The van der Waals surface area contributed by atoms with E-state index in [0.29, 0.717) is 6.61 Å². The first-order chi connectivity index (χ1) is 8.22. The van der Waals surface area contributed by atoms with Gasteiger partial charge in [0, 0.05) is 17.0 Å². The summed E-state index contributed by atoms with van der Waals surface area (Å²) in [5.41, 5.74) is 8.74. The van der Waals surface area contributed by atoms with Gasteiger partial charge >= 0.3 is 0 Å². The van der Waals surface area contributed by atoms with Crippen molar-refractivity contribution in [2.45, 2.75) is 31.2 Å². The Balaban J connectivity index is 1.85. The van der Waals surface area contributed by atoms with E-state index in [1.54, 1.807) is 0 Å². The zero-order chi connectivity index (χ0) is 11.9. The summed E-state index contributed by atoms with van der Waals surface area (Å²) in [6.07, 6.45) is 2.42. The number of benzene rings is 1. The third kappa shape index (κ3) is 1.75. The molecule has 17 heavy (non-hydrogen) atoms. The number of nitrogens with zero attached hydrogens (tertiary/aromatic N) is 1. The fourth-order valence-corrected chi connectivity index (χ4v) is 2.60. The Bertz CT molecular complexity index is 444. The average Bonchev–Trinajstić information content (AvgIpc) is 2.98. The van der Waals surface area contributed by atoms with Crippen LogP contribution in [0.25, 0.3) is 0 Å². The van der Waals surface area contributed by atoms with Gasteiger partial charge in [-0.05, 0) is 37.5 Å². The van der Waals surface area contributed by atoms with Gasteiger partial charge < -0.3 is 10.5 Å². The minimum atomic E-state index is 0.230. The molecular formula is C14H18N2O. The van der Waals surface area contributed by atoms with Crippen molar-refractivity contribution in [1.29, 1.82) is 0 Å². The van der Waals surface area contributed by atoms with Gasteiger partial charge in [0.05, 0.1) is 6.54 Å². The first-order valence-electron chi connectivity index (χ1n) is 6.26. The molecule has 0 spiro atoms. The summed E-state index contributed by atoms with van der Waals surface area (Å²) in [5.74, 6) is 0.780. The highest BCUT2D eigenvalue weighted by Crippen LogP contribution is 2.50. The minimum absolute atomic E-state index is 0.230. The summed E-state index contributed by atoms with van der Waals surface area (Å²) in [6.45, 7) is 3.59. The SMILES string of the molecule is CC(N)C1(c2ccc(C3=NCCO3)cc2)CC1. The van der Waals surface area contributed by atoms with Crippen LogP contribution in [0.3, 0.4) is 0 Å². The number of ether oxygens (including phenoxy) is 1. The van der Waals surface area contributed by atoms with E-state index in [9.17, 15) is 0 Å². The van der Waals surface area contributed by atoms with Crippen LogP contribution in [0.2, 0.25) is 0 Å². The predicted octanol–water partition coefficient (Wildman–Crippen LogP) is 1.84. The molecule has 90 valence electrons. The molecule has 3 rings (SSSR count). The monoisotopic (exact) mass is 230 g/mol. The molecular weight excluding hydrogens is 212 g/mol. The Morgan fingerprint density at radius 1 is 1.29 bits per heavy atom. The van der Waals surface area contributed by atoms with E-state index in [4.69, 9.17) is 10.5 Å². The summed E-state index contributed by atoms with van der Waals surface area (Å²) in [4.78, 5) is 4.32. The Morgan fingerprint density at radius 3 is 2.47 bits per heavy atom. The zero-order valence-corrected chi connectivity index (χ0v) is 10.1. The third-order valence-corrected chi connectivity index (χ3v) is 3.95. The molecule has 0 aromatic heterocycles. The number of aliphatic imine (C=N–C) groups is 1. The first kappa shape index (κ1) is 10.8. The molecule has 2 aliphatic rings. The average molecular weight is 230 g/mol. The lowest BCUT2D eigenvalue weighted by Crippen LogP contribution is -2.31. The van der Waals surface area contributed by atoms with Crippen molar-refractivity contribution in [2.75, 3.05) is 13.2 Å². The van der Waals surface area contributed by atoms with Crippen LogP contribution in [-0.2, 0) is 10.2 Å².